The summed E-state index contributed by atoms with van der Waals surface area (Å²) in [6, 6.07) is 7.74. The second-order valence-electron chi connectivity index (χ2n) is 3.85. The first-order valence-electron chi connectivity index (χ1n) is 5.03. The van der Waals surface area contributed by atoms with Crippen molar-refractivity contribution < 1.29 is 4.79 Å². The molecule has 1 amide bonds. The third kappa shape index (κ3) is 0.953. The minimum absolute atomic E-state index is 0.182. The summed E-state index contributed by atoms with van der Waals surface area (Å²) in [7, 11) is 0. The number of rotatable bonds is 0. The van der Waals surface area contributed by atoms with Gasteiger partial charge in [0.15, 0.2) is 0 Å². The van der Waals surface area contributed by atoms with Crippen LogP contribution in [0.2, 0.25) is 0 Å². The molecule has 0 spiro atoms. The summed E-state index contributed by atoms with van der Waals surface area (Å²) in [5, 5.41) is 3.39. The lowest BCUT2D eigenvalue weighted by Crippen LogP contribution is -2.44. The van der Waals surface area contributed by atoms with Gasteiger partial charge in [0.25, 0.3) is 5.91 Å². The molecule has 1 atom stereocenters. The van der Waals surface area contributed by atoms with Crippen molar-refractivity contribution in [2.24, 2.45) is 0 Å². The van der Waals surface area contributed by atoms with Gasteiger partial charge in [-0.25, -0.2) is 0 Å². The van der Waals surface area contributed by atoms with Crippen LogP contribution in [-0.2, 0) is 0 Å². The molecule has 0 aromatic heterocycles. The van der Waals surface area contributed by atoms with Crippen LogP contribution in [0.3, 0.4) is 0 Å². The fraction of sp³-hybridized carbons (Fsp3) is 0.364. The van der Waals surface area contributed by atoms with Gasteiger partial charge in [0.2, 0.25) is 0 Å². The van der Waals surface area contributed by atoms with Crippen LogP contribution in [0.25, 0.3) is 0 Å². The lowest BCUT2D eigenvalue weighted by atomic mass is 10.1. The lowest BCUT2D eigenvalue weighted by Gasteiger charge is -2.32. The van der Waals surface area contributed by atoms with E-state index < -0.39 is 0 Å². The molecule has 14 heavy (non-hydrogen) atoms. The van der Waals surface area contributed by atoms with Crippen molar-refractivity contribution in [3.8, 4) is 0 Å². The molecule has 0 radical (unpaired) electrons. The largest absolute Gasteiger partial charge is 0.364 e. The zero-order chi connectivity index (χ0) is 9.54. The van der Waals surface area contributed by atoms with Crippen LogP contribution in [0, 0.1) is 0 Å². The maximum atomic E-state index is 12.0. The van der Waals surface area contributed by atoms with E-state index in [-0.39, 0.29) is 12.1 Å². The van der Waals surface area contributed by atoms with E-state index >= 15 is 0 Å². The lowest BCUT2D eigenvalue weighted by molar-refractivity contribution is 0.0740. The Morgan fingerprint density at radius 2 is 2.21 bits per heavy atom. The Morgan fingerprint density at radius 1 is 1.36 bits per heavy atom. The molecule has 1 fully saturated rings. The molecule has 0 aliphatic carbocycles. The van der Waals surface area contributed by atoms with Crippen LogP contribution in [-0.4, -0.2) is 23.5 Å². The van der Waals surface area contributed by atoms with Gasteiger partial charge < -0.3 is 10.2 Å². The molecule has 0 saturated carbocycles. The third-order valence-corrected chi connectivity index (χ3v) is 2.99. The van der Waals surface area contributed by atoms with Crippen molar-refractivity contribution in [2.45, 2.75) is 19.0 Å². The van der Waals surface area contributed by atoms with Crippen molar-refractivity contribution in [3.63, 3.8) is 0 Å². The maximum absolute atomic E-state index is 12.0. The average Bonchev–Trinajstić information content (AvgIpc) is 2.66. The monoisotopic (exact) mass is 188 g/mol. The SMILES string of the molecule is O=C1c2ccccc2NC2CCCN12. The van der Waals surface area contributed by atoms with Gasteiger partial charge in [0, 0.05) is 12.2 Å². The Bertz CT molecular complexity index is 389. The van der Waals surface area contributed by atoms with Crippen LogP contribution in [0.4, 0.5) is 5.69 Å². The third-order valence-electron chi connectivity index (χ3n) is 2.99. The topological polar surface area (TPSA) is 32.3 Å². The number of amides is 1. The second-order valence-corrected chi connectivity index (χ2v) is 3.85. The predicted molar refractivity (Wildman–Crippen MR) is 54.1 cm³/mol. The number of nitrogens with zero attached hydrogens (tertiary/aromatic N) is 1. The molecule has 3 heteroatoms. The van der Waals surface area contributed by atoms with Crippen LogP contribution < -0.4 is 5.32 Å². The molecule has 3 rings (SSSR count). The fourth-order valence-corrected chi connectivity index (χ4v) is 2.29. The quantitative estimate of drug-likeness (QED) is 0.671. The van der Waals surface area contributed by atoms with E-state index in [9.17, 15) is 4.79 Å². The molecule has 72 valence electrons. The first-order valence-corrected chi connectivity index (χ1v) is 5.03. The van der Waals surface area contributed by atoms with Crippen LogP contribution >= 0.6 is 0 Å². The predicted octanol–water partition coefficient (Wildman–Crippen LogP) is 1.67. The van der Waals surface area contributed by atoms with Crippen molar-refractivity contribution in [3.05, 3.63) is 29.8 Å². The van der Waals surface area contributed by atoms with E-state index in [0.717, 1.165) is 30.6 Å². The van der Waals surface area contributed by atoms with Crippen LogP contribution in [0.1, 0.15) is 23.2 Å². The van der Waals surface area contributed by atoms with Gasteiger partial charge in [-0.1, -0.05) is 12.1 Å². The minimum Gasteiger partial charge on any atom is -0.364 e. The second kappa shape index (κ2) is 2.74. The fourth-order valence-electron chi connectivity index (χ4n) is 2.29. The summed E-state index contributed by atoms with van der Waals surface area (Å²) < 4.78 is 0. The summed E-state index contributed by atoms with van der Waals surface area (Å²) >= 11 is 0. The molecule has 1 N–H and O–H groups in total. The number of hydrogen-bond acceptors (Lipinski definition) is 2. The molecule has 0 bridgehead atoms. The van der Waals surface area contributed by atoms with Gasteiger partial charge in [0.1, 0.15) is 6.17 Å². The smallest absolute Gasteiger partial charge is 0.257 e. The molecule has 2 heterocycles. The molecular weight excluding hydrogens is 176 g/mol. The molecule has 1 saturated heterocycles. The Labute approximate surface area is 82.7 Å². The summed E-state index contributed by atoms with van der Waals surface area (Å²) in [5.74, 6) is 0.182. The average molecular weight is 188 g/mol. The van der Waals surface area contributed by atoms with Gasteiger partial charge in [-0.2, -0.15) is 0 Å². The highest BCUT2D eigenvalue weighted by molar-refractivity contribution is 6.01. The first-order chi connectivity index (χ1) is 6.86. The number of nitrogens with one attached hydrogen (secondary N) is 1. The number of para-hydroxylation sites is 1. The molecule has 2 aliphatic heterocycles. The van der Waals surface area contributed by atoms with E-state index in [1.165, 1.54) is 0 Å². The van der Waals surface area contributed by atoms with Gasteiger partial charge in [0.05, 0.1) is 5.56 Å². The van der Waals surface area contributed by atoms with Gasteiger partial charge in [-0.3, -0.25) is 4.79 Å². The van der Waals surface area contributed by atoms with E-state index in [4.69, 9.17) is 0 Å². The highest BCUT2D eigenvalue weighted by atomic mass is 16.2. The minimum atomic E-state index is 0.182. The molecule has 1 aromatic carbocycles. The van der Waals surface area contributed by atoms with Gasteiger partial charge in [-0.05, 0) is 25.0 Å². The highest BCUT2D eigenvalue weighted by Gasteiger charge is 2.34. The normalized spacial score (nSPS) is 24.1. The first kappa shape index (κ1) is 7.85. The van der Waals surface area contributed by atoms with Crippen molar-refractivity contribution >= 4 is 11.6 Å². The Morgan fingerprint density at radius 3 is 3.14 bits per heavy atom. The van der Waals surface area contributed by atoms with Crippen LogP contribution in [0.15, 0.2) is 24.3 Å². The molecule has 2 aliphatic rings. The number of hydrogen-bond donors (Lipinski definition) is 1. The molecular formula is C11H12N2O. The van der Waals surface area contributed by atoms with E-state index in [1.54, 1.807) is 0 Å². The zero-order valence-corrected chi connectivity index (χ0v) is 7.86. The van der Waals surface area contributed by atoms with Gasteiger partial charge >= 0.3 is 0 Å². The number of benzene rings is 1. The highest BCUT2D eigenvalue weighted by Crippen LogP contribution is 2.30. The summed E-state index contributed by atoms with van der Waals surface area (Å²) in [4.78, 5) is 13.9. The van der Waals surface area contributed by atoms with Gasteiger partial charge in [-0.15, -0.1) is 0 Å². The Hall–Kier alpha value is -1.51. The maximum Gasteiger partial charge on any atom is 0.257 e. The van der Waals surface area contributed by atoms with Crippen molar-refractivity contribution in [1.82, 2.24) is 4.90 Å². The summed E-state index contributed by atoms with van der Waals surface area (Å²) in [6.07, 6.45) is 2.41. The summed E-state index contributed by atoms with van der Waals surface area (Å²) in [5.41, 5.74) is 1.80. The van der Waals surface area contributed by atoms with E-state index in [0.29, 0.717) is 0 Å². The molecule has 1 aromatic rings. The van der Waals surface area contributed by atoms with E-state index in [1.807, 2.05) is 29.2 Å². The molecule has 3 nitrogen and oxygen atoms in total. The zero-order valence-electron chi connectivity index (χ0n) is 7.86. The number of carbonyl (C=O) groups is 1. The Balaban J connectivity index is 2.08. The number of carbonyl (C=O) groups excluding carboxylic acids is 1. The van der Waals surface area contributed by atoms with E-state index in [2.05, 4.69) is 5.32 Å². The standard InChI is InChI=1S/C11H12N2O/c14-11-8-4-1-2-5-9(8)12-10-6-3-7-13(10)11/h1-2,4-5,10,12H,3,6-7H2. The summed E-state index contributed by atoms with van der Waals surface area (Å²) in [6.45, 7) is 0.894. The van der Waals surface area contributed by atoms with Crippen molar-refractivity contribution in [1.29, 1.82) is 0 Å². The van der Waals surface area contributed by atoms with Crippen LogP contribution in [0.5, 0.6) is 0 Å². The Kier molecular flexibility index (Phi) is 1.54. The number of fused-ring (bicyclic) bond motifs is 2. The molecule has 1 unspecified atom stereocenters. The number of anilines is 1. The van der Waals surface area contributed by atoms with Crippen molar-refractivity contribution in [2.75, 3.05) is 11.9 Å².